The van der Waals surface area contributed by atoms with E-state index in [-0.39, 0.29) is 5.56 Å². The minimum absolute atomic E-state index is 0.180. The number of nitrogens with two attached hydrogens (primary N) is 1. The van der Waals surface area contributed by atoms with E-state index in [2.05, 4.69) is 6.92 Å². The molecular formula is C12H15ClN2O2S. The van der Waals surface area contributed by atoms with E-state index in [1.165, 1.54) is 6.07 Å². The van der Waals surface area contributed by atoms with Crippen LogP contribution in [0.5, 0.6) is 0 Å². The molecule has 1 heterocycles. The van der Waals surface area contributed by atoms with Crippen molar-refractivity contribution in [3.8, 4) is 0 Å². The molecule has 98 valence electrons. The minimum atomic E-state index is -0.995. The van der Waals surface area contributed by atoms with Crippen molar-refractivity contribution in [2.45, 2.75) is 12.2 Å². The minimum Gasteiger partial charge on any atom is -0.478 e. The molecule has 0 saturated carbocycles. The molecule has 4 nitrogen and oxygen atoms in total. The predicted octanol–water partition coefficient (Wildman–Crippen LogP) is 2.56. The lowest BCUT2D eigenvalue weighted by Crippen LogP contribution is -2.37. The molecule has 2 rings (SSSR count). The zero-order chi connectivity index (χ0) is 13.3. The largest absolute Gasteiger partial charge is 0.478 e. The first-order chi connectivity index (χ1) is 8.49. The highest BCUT2D eigenvalue weighted by molar-refractivity contribution is 8.00. The third kappa shape index (κ3) is 2.67. The van der Waals surface area contributed by atoms with E-state index in [4.69, 9.17) is 17.3 Å². The van der Waals surface area contributed by atoms with E-state index in [0.717, 1.165) is 18.8 Å². The van der Waals surface area contributed by atoms with E-state index >= 15 is 0 Å². The Morgan fingerprint density at radius 3 is 2.94 bits per heavy atom. The highest BCUT2D eigenvalue weighted by atomic mass is 35.5. The average Bonchev–Trinajstić information content (AvgIpc) is 2.27. The molecule has 0 spiro atoms. The Morgan fingerprint density at radius 1 is 1.61 bits per heavy atom. The smallest absolute Gasteiger partial charge is 0.337 e. The highest BCUT2D eigenvalue weighted by Gasteiger charge is 2.24. The van der Waals surface area contributed by atoms with Crippen molar-refractivity contribution in [1.29, 1.82) is 0 Å². The Bertz CT molecular complexity index is 481. The fourth-order valence-corrected chi connectivity index (χ4v) is 3.49. The van der Waals surface area contributed by atoms with Crippen LogP contribution in [0.4, 0.5) is 11.4 Å². The molecule has 1 unspecified atom stereocenters. The van der Waals surface area contributed by atoms with Crippen molar-refractivity contribution in [2.75, 3.05) is 29.5 Å². The SMILES string of the molecule is CC1CN(c2c(Cl)cc(N)cc2C(=O)O)CCS1. The molecule has 1 fully saturated rings. The first-order valence-electron chi connectivity index (χ1n) is 5.68. The van der Waals surface area contributed by atoms with E-state index in [1.807, 2.05) is 16.7 Å². The van der Waals surface area contributed by atoms with Gasteiger partial charge in [0.1, 0.15) is 0 Å². The van der Waals surface area contributed by atoms with Gasteiger partial charge in [-0.1, -0.05) is 18.5 Å². The standard InChI is InChI=1S/C12H15ClN2O2S/c1-7-6-15(2-3-18-7)11-9(12(16)17)4-8(14)5-10(11)13/h4-5,7H,2-3,6,14H2,1H3,(H,16,17). The Kier molecular flexibility index (Phi) is 3.92. The second kappa shape index (κ2) is 5.28. The zero-order valence-corrected chi connectivity index (χ0v) is 11.6. The van der Waals surface area contributed by atoms with Gasteiger partial charge in [0, 0.05) is 29.8 Å². The third-order valence-electron chi connectivity index (χ3n) is 2.87. The molecule has 0 radical (unpaired) electrons. The van der Waals surface area contributed by atoms with Crippen LogP contribution in [0.1, 0.15) is 17.3 Å². The molecule has 1 aromatic carbocycles. The molecule has 0 bridgehead atoms. The molecule has 1 aliphatic rings. The summed E-state index contributed by atoms with van der Waals surface area (Å²) in [6, 6.07) is 3.08. The van der Waals surface area contributed by atoms with Crippen LogP contribution in [0.3, 0.4) is 0 Å². The van der Waals surface area contributed by atoms with Crippen LogP contribution in [0, 0.1) is 0 Å². The van der Waals surface area contributed by atoms with E-state index in [9.17, 15) is 9.90 Å². The lowest BCUT2D eigenvalue weighted by molar-refractivity contribution is 0.0697. The summed E-state index contributed by atoms with van der Waals surface area (Å²) in [6.45, 7) is 3.73. The van der Waals surface area contributed by atoms with Crippen LogP contribution in [-0.4, -0.2) is 35.2 Å². The summed E-state index contributed by atoms with van der Waals surface area (Å²) in [5, 5.41) is 10.1. The fraction of sp³-hybridized carbons (Fsp3) is 0.417. The number of thioether (sulfide) groups is 1. The van der Waals surface area contributed by atoms with Gasteiger partial charge in [0.25, 0.3) is 0 Å². The zero-order valence-electron chi connectivity index (χ0n) is 10.0. The van der Waals surface area contributed by atoms with Gasteiger partial charge < -0.3 is 15.7 Å². The average molecular weight is 287 g/mol. The van der Waals surface area contributed by atoms with Gasteiger partial charge in [-0.15, -0.1) is 0 Å². The number of benzene rings is 1. The highest BCUT2D eigenvalue weighted by Crippen LogP contribution is 2.35. The lowest BCUT2D eigenvalue weighted by atomic mass is 10.1. The summed E-state index contributed by atoms with van der Waals surface area (Å²) in [4.78, 5) is 13.3. The number of halogens is 1. The van der Waals surface area contributed by atoms with Crippen molar-refractivity contribution in [3.63, 3.8) is 0 Å². The van der Waals surface area contributed by atoms with Gasteiger partial charge in [0.15, 0.2) is 0 Å². The molecule has 1 saturated heterocycles. The number of carbonyl (C=O) groups is 1. The van der Waals surface area contributed by atoms with Crippen molar-refractivity contribution in [3.05, 3.63) is 22.7 Å². The molecule has 0 aliphatic carbocycles. The second-order valence-corrected chi connectivity index (χ2v) is 6.28. The molecule has 1 aliphatic heterocycles. The molecular weight excluding hydrogens is 272 g/mol. The Morgan fingerprint density at radius 2 is 2.33 bits per heavy atom. The number of anilines is 2. The summed E-state index contributed by atoms with van der Waals surface area (Å²) < 4.78 is 0. The summed E-state index contributed by atoms with van der Waals surface area (Å²) in [7, 11) is 0. The van der Waals surface area contributed by atoms with Gasteiger partial charge >= 0.3 is 5.97 Å². The van der Waals surface area contributed by atoms with Crippen LogP contribution >= 0.6 is 23.4 Å². The van der Waals surface area contributed by atoms with E-state index in [1.54, 1.807) is 6.07 Å². The van der Waals surface area contributed by atoms with Crippen LogP contribution in [0.15, 0.2) is 12.1 Å². The van der Waals surface area contributed by atoms with E-state index in [0.29, 0.717) is 21.6 Å². The van der Waals surface area contributed by atoms with Gasteiger partial charge in [-0.25, -0.2) is 4.79 Å². The molecule has 1 atom stereocenters. The van der Waals surface area contributed by atoms with Crippen molar-refractivity contribution in [2.24, 2.45) is 0 Å². The van der Waals surface area contributed by atoms with E-state index < -0.39 is 5.97 Å². The number of aromatic carboxylic acids is 1. The first-order valence-corrected chi connectivity index (χ1v) is 7.10. The number of hydrogen-bond donors (Lipinski definition) is 2. The van der Waals surface area contributed by atoms with Gasteiger partial charge in [-0.3, -0.25) is 0 Å². The van der Waals surface area contributed by atoms with Gasteiger partial charge in [-0.2, -0.15) is 11.8 Å². The van der Waals surface area contributed by atoms with Crippen LogP contribution in [0.2, 0.25) is 5.02 Å². The molecule has 0 amide bonds. The normalized spacial score (nSPS) is 19.9. The van der Waals surface area contributed by atoms with Gasteiger partial charge in [-0.05, 0) is 12.1 Å². The number of carboxylic acids is 1. The molecule has 18 heavy (non-hydrogen) atoms. The molecule has 0 aromatic heterocycles. The summed E-state index contributed by atoms with van der Waals surface area (Å²) in [5.41, 5.74) is 6.80. The Hall–Kier alpha value is -1.07. The second-order valence-electron chi connectivity index (χ2n) is 4.33. The Labute approximate surface area is 115 Å². The van der Waals surface area contributed by atoms with Crippen LogP contribution in [-0.2, 0) is 0 Å². The van der Waals surface area contributed by atoms with Gasteiger partial charge in [0.2, 0.25) is 0 Å². The number of nitrogens with zero attached hydrogens (tertiary/aromatic N) is 1. The number of rotatable bonds is 2. The maximum absolute atomic E-state index is 11.3. The Balaban J connectivity index is 2.45. The van der Waals surface area contributed by atoms with Crippen molar-refractivity contribution < 1.29 is 9.90 Å². The first kappa shape index (κ1) is 13.4. The monoisotopic (exact) mass is 286 g/mol. The van der Waals surface area contributed by atoms with Crippen LogP contribution < -0.4 is 10.6 Å². The fourth-order valence-electron chi connectivity index (χ4n) is 2.13. The molecule has 6 heteroatoms. The number of nitrogen functional groups attached to an aromatic ring is 1. The topological polar surface area (TPSA) is 66.6 Å². The van der Waals surface area contributed by atoms with Crippen molar-refractivity contribution >= 4 is 40.7 Å². The summed E-state index contributed by atoms with van der Waals surface area (Å²) in [6.07, 6.45) is 0. The van der Waals surface area contributed by atoms with Crippen molar-refractivity contribution in [1.82, 2.24) is 0 Å². The predicted molar refractivity (Wildman–Crippen MR) is 77.0 cm³/mol. The van der Waals surface area contributed by atoms with Gasteiger partial charge in [0.05, 0.1) is 16.3 Å². The quantitative estimate of drug-likeness (QED) is 0.818. The third-order valence-corrected chi connectivity index (χ3v) is 4.30. The number of carboxylic acid groups (broad SMARTS) is 1. The maximum Gasteiger partial charge on any atom is 0.337 e. The summed E-state index contributed by atoms with van der Waals surface area (Å²) in [5.74, 6) is -0.0222. The molecule has 1 aromatic rings. The molecule has 3 N–H and O–H groups in total. The number of hydrogen-bond acceptors (Lipinski definition) is 4. The summed E-state index contributed by atoms with van der Waals surface area (Å²) >= 11 is 8.05. The lowest BCUT2D eigenvalue weighted by Gasteiger charge is -2.34. The maximum atomic E-state index is 11.3. The van der Waals surface area contributed by atoms with Crippen LogP contribution in [0.25, 0.3) is 0 Å².